The molecule has 1 aliphatic carbocycles. The van der Waals surface area contributed by atoms with Crippen LogP contribution in [0.25, 0.3) is 61.0 Å². The van der Waals surface area contributed by atoms with Gasteiger partial charge >= 0.3 is 0 Å². The molecule has 2 heteroatoms. The molecule has 0 radical (unpaired) electrons. The summed E-state index contributed by atoms with van der Waals surface area (Å²) in [5, 5.41) is 5.03. The van der Waals surface area contributed by atoms with E-state index in [9.17, 15) is 0 Å². The minimum absolute atomic E-state index is 0.224. The lowest BCUT2D eigenvalue weighted by molar-refractivity contribution is 0.624. The lowest BCUT2D eigenvalue weighted by atomic mass is 9.84. The molecule has 0 saturated carbocycles. The molecule has 9 rings (SSSR count). The molecule has 0 bridgehead atoms. The molecule has 7 aromatic carbocycles. The van der Waals surface area contributed by atoms with Crippen molar-refractivity contribution in [3.8, 4) is 33.4 Å². The quantitative estimate of drug-likeness (QED) is 0.180. The average Bonchev–Trinajstić information content (AvgIpc) is 3.44. The van der Waals surface area contributed by atoms with Crippen LogP contribution in [0.15, 0.2) is 182 Å². The molecule has 1 heterocycles. The van der Waals surface area contributed by atoms with E-state index in [-0.39, 0.29) is 5.41 Å². The van der Waals surface area contributed by atoms with Gasteiger partial charge in [0.25, 0.3) is 0 Å². The summed E-state index contributed by atoms with van der Waals surface area (Å²) in [6.45, 7) is 4.60. The van der Waals surface area contributed by atoms with Crippen LogP contribution in [-0.2, 0) is 5.41 Å². The first-order valence-corrected chi connectivity index (χ1v) is 17.3. The molecule has 1 aliphatic rings. The van der Waals surface area contributed by atoms with Crippen molar-refractivity contribution >= 4 is 39.0 Å². The van der Waals surface area contributed by atoms with Crippen molar-refractivity contribution in [1.82, 2.24) is 4.98 Å². The monoisotopic (exact) mass is 640 g/mol. The fourth-order valence-electron chi connectivity index (χ4n) is 7.48. The zero-order valence-corrected chi connectivity index (χ0v) is 28.2. The summed E-state index contributed by atoms with van der Waals surface area (Å²) in [4.78, 5) is 7.15. The van der Waals surface area contributed by atoms with Crippen molar-refractivity contribution in [2.75, 3.05) is 4.90 Å². The number of hydrogen-bond acceptors (Lipinski definition) is 2. The molecule has 8 aromatic rings. The van der Waals surface area contributed by atoms with Crippen molar-refractivity contribution in [1.29, 1.82) is 0 Å². The van der Waals surface area contributed by atoms with Gasteiger partial charge in [0, 0.05) is 28.7 Å². The molecule has 0 unspecified atom stereocenters. The molecular formula is C48H36N2. The molecule has 0 spiro atoms. The van der Waals surface area contributed by atoms with Crippen LogP contribution in [0, 0.1) is 0 Å². The summed E-state index contributed by atoms with van der Waals surface area (Å²) in [6, 6.07) is 61.6. The number of anilines is 2. The average molecular weight is 641 g/mol. The van der Waals surface area contributed by atoms with Crippen molar-refractivity contribution in [2.24, 2.45) is 0 Å². The standard InChI is InChI=1S/C48H36N2/c1-48(2)45-12-7-29-49-46(45)32-47(48)50(44-27-23-38(24-28-44)42-20-18-34-9-4-6-11-40(34)31-42)43-25-21-36(22-26-43)35-13-15-37(16-14-35)41-19-17-33-8-3-5-10-39(33)30-41/h3-32H,1-2H3. The summed E-state index contributed by atoms with van der Waals surface area (Å²) < 4.78 is 0. The second-order valence-corrected chi connectivity index (χ2v) is 13.7. The van der Waals surface area contributed by atoms with Gasteiger partial charge in [-0.1, -0.05) is 141 Å². The largest absolute Gasteiger partial charge is 0.313 e. The number of rotatable bonds is 6. The topological polar surface area (TPSA) is 16.1 Å². The number of hydrogen-bond donors (Lipinski definition) is 0. The highest BCUT2D eigenvalue weighted by molar-refractivity contribution is 5.89. The Morgan fingerprint density at radius 3 is 1.32 bits per heavy atom. The molecule has 0 atom stereocenters. The van der Waals surface area contributed by atoms with Gasteiger partial charge in [-0.2, -0.15) is 0 Å². The Kier molecular flexibility index (Phi) is 7.17. The molecule has 0 aliphatic heterocycles. The first-order valence-electron chi connectivity index (χ1n) is 17.3. The minimum Gasteiger partial charge on any atom is -0.313 e. The predicted octanol–water partition coefficient (Wildman–Crippen LogP) is 12.9. The first kappa shape index (κ1) is 29.9. The second-order valence-electron chi connectivity index (χ2n) is 13.7. The van der Waals surface area contributed by atoms with Gasteiger partial charge in [-0.15, -0.1) is 0 Å². The number of benzene rings is 7. The van der Waals surface area contributed by atoms with E-state index >= 15 is 0 Å². The number of fused-ring (bicyclic) bond motifs is 3. The third-order valence-corrected chi connectivity index (χ3v) is 10.3. The van der Waals surface area contributed by atoms with Gasteiger partial charge in [-0.3, -0.25) is 4.98 Å². The Balaban J connectivity index is 1.06. The van der Waals surface area contributed by atoms with Crippen LogP contribution in [0.5, 0.6) is 0 Å². The van der Waals surface area contributed by atoms with Gasteiger partial charge in [0.2, 0.25) is 0 Å². The Bertz CT molecular complexity index is 2540. The third-order valence-electron chi connectivity index (χ3n) is 10.3. The molecule has 0 amide bonds. The molecule has 0 fully saturated rings. The van der Waals surface area contributed by atoms with Crippen LogP contribution in [0.2, 0.25) is 0 Å². The van der Waals surface area contributed by atoms with Gasteiger partial charge in [-0.05, 0) is 109 Å². The molecular weight excluding hydrogens is 605 g/mol. The number of pyridine rings is 1. The smallest absolute Gasteiger partial charge is 0.0688 e. The molecule has 0 N–H and O–H groups in total. The van der Waals surface area contributed by atoms with Crippen molar-refractivity contribution in [2.45, 2.75) is 19.3 Å². The maximum Gasteiger partial charge on any atom is 0.0688 e. The second kappa shape index (κ2) is 12.0. The first-order chi connectivity index (χ1) is 24.5. The maximum atomic E-state index is 4.75. The highest BCUT2D eigenvalue weighted by Crippen LogP contribution is 2.47. The predicted molar refractivity (Wildman–Crippen MR) is 212 cm³/mol. The molecule has 1 aromatic heterocycles. The van der Waals surface area contributed by atoms with Crippen LogP contribution < -0.4 is 4.90 Å². The fourth-order valence-corrected chi connectivity index (χ4v) is 7.48. The molecule has 2 nitrogen and oxygen atoms in total. The lowest BCUT2D eigenvalue weighted by Gasteiger charge is -2.35. The zero-order chi connectivity index (χ0) is 33.7. The van der Waals surface area contributed by atoms with Gasteiger partial charge in [-0.25, -0.2) is 0 Å². The maximum absolute atomic E-state index is 4.75. The van der Waals surface area contributed by atoms with Gasteiger partial charge in [0.05, 0.1) is 5.69 Å². The summed E-state index contributed by atoms with van der Waals surface area (Å²) in [7, 11) is 0. The zero-order valence-electron chi connectivity index (χ0n) is 28.2. The lowest BCUT2D eigenvalue weighted by Crippen LogP contribution is -2.29. The van der Waals surface area contributed by atoms with E-state index in [1.54, 1.807) is 0 Å². The Morgan fingerprint density at radius 2 is 0.840 bits per heavy atom. The van der Waals surface area contributed by atoms with Gasteiger partial charge in [0.1, 0.15) is 0 Å². The highest BCUT2D eigenvalue weighted by Gasteiger charge is 2.37. The van der Waals surface area contributed by atoms with Crippen molar-refractivity contribution < 1.29 is 0 Å². The third kappa shape index (κ3) is 5.27. The summed E-state index contributed by atoms with van der Waals surface area (Å²) in [6.07, 6.45) is 4.14. The Morgan fingerprint density at radius 1 is 0.420 bits per heavy atom. The van der Waals surface area contributed by atoms with Crippen LogP contribution in [-0.4, -0.2) is 4.98 Å². The Hall–Kier alpha value is -6.25. The highest BCUT2D eigenvalue weighted by atomic mass is 15.2. The minimum atomic E-state index is -0.224. The fraction of sp³-hybridized carbons (Fsp3) is 0.0625. The van der Waals surface area contributed by atoms with Crippen molar-refractivity contribution in [3.63, 3.8) is 0 Å². The van der Waals surface area contributed by atoms with Crippen LogP contribution in [0.3, 0.4) is 0 Å². The van der Waals surface area contributed by atoms with Gasteiger partial charge < -0.3 is 4.90 Å². The van der Waals surface area contributed by atoms with Crippen LogP contribution in [0.4, 0.5) is 11.4 Å². The van der Waals surface area contributed by atoms with E-state index in [0.717, 1.165) is 17.1 Å². The number of nitrogens with zero attached hydrogens (tertiary/aromatic N) is 2. The van der Waals surface area contributed by atoms with Crippen molar-refractivity contribution in [3.05, 3.63) is 193 Å². The summed E-state index contributed by atoms with van der Waals surface area (Å²) >= 11 is 0. The SMILES string of the molecule is CC1(C)C(N(c2ccc(-c3ccc(-c4ccc5ccccc5c4)cc3)cc2)c2ccc(-c3ccc4ccccc4c3)cc2)=Cc2ncccc21. The van der Waals surface area contributed by atoms with Crippen LogP contribution in [0.1, 0.15) is 25.1 Å². The number of aromatic nitrogens is 1. The van der Waals surface area contributed by atoms with E-state index in [1.165, 1.54) is 66.2 Å². The van der Waals surface area contributed by atoms with Crippen LogP contribution >= 0.6 is 0 Å². The normalized spacial score (nSPS) is 13.3. The van der Waals surface area contributed by atoms with E-state index in [2.05, 4.69) is 189 Å². The molecule has 50 heavy (non-hydrogen) atoms. The van der Waals surface area contributed by atoms with E-state index in [0.29, 0.717) is 0 Å². The molecule has 238 valence electrons. The van der Waals surface area contributed by atoms with Gasteiger partial charge in [0.15, 0.2) is 0 Å². The van der Waals surface area contributed by atoms with E-state index < -0.39 is 0 Å². The molecule has 0 saturated heterocycles. The van der Waals surface area contributed by atoms with E-state index in [1.807, 2.05) is 12.3 Å². The number of allylic oxidation sites excluding steroid dienone is 1. The summed E-state index contributed by atoms with van der Waals surface area (Å²) in [5.41, 5.74) is 12.8. The summed E-state index contributed by atoms with van der Waals surface area (Å²) in [5.74, 6) is 0. The Labute approximate surface area is 293 Å². The van der Waals surface area contributed by atoms with E-state index in [4.69, 9.17) is 4.98 Å².